The van der Waals surface area contributed by atoms with Gasteiger partial charge in [-0.25, -0.2) is 15.0 Å². The fourth-order valence-electron chi connectivity index (χ4n) is 8.60. The van der Waals surface area contributed by atoms with Crippen molar-refractivity contribution < 1.29 is 4.42 Å². The number of benzene rings is 8. The normalized spacial score (nSPS) is 11.9. The summed E-state index contributed by atoms with van der Waals surface area (Å²) < 4.78 is 12.0. The minimum Gasteiger partial charge on any atom is -0.454 e. The van der Waals surface area contributed by atoms with Gasteiger partial charge in [-0.2, -0.15) is 0 Å². The van der Waals surface area contributed by atoms with Gasteiger partial charge in [-0.3, -0.25) is 0 Å². The molecule has 8 aromatic carbocycles. The lowest BCUT2D eigenvalue weighted by molar-refractivity contribution is 0.666. The molecule has 12 rings (SSSR count). The minimum atomic E-state index is 0.586. The van der Waals surface area contributed by atoms with Crippen LogP contribution >= 0.6 is 11.3 Å². The summed E-state index contributed by atoms with van der Waals surface area (Å²) in [6.45, 7) is 0. The third-order valence-electron chi connectivity index (χ3n) is 11.1. The molecule has 0 amide bonds. The highest BCUT2D eigenvalue weighted by Gasteiger charge is 2.25. The monoisotopic (exact) mass is 746 g/mol. The predicted octanol–water partition coefficient (Wildman–Crippen LogP) is 13.9. The molecule has 0 aliphatic carbocycles. The summed E-state index contributed by atoms with van der Waals surface area (Å²) in [5.74, 6) is 1.82. The molecule has 4 aromatic heterocycles. The highest BCUT2D eigenvalue weighted by atomic mass is 32.1. The zero-order valence-corrected chi connectivity index (χ0v) is 31.2. The quantitative estimate of drug-likeness (QED) is 0.176. The average molecular weight is 747 g/mol. The van der Waals surface area contributed by atoms with Gasteiger partial charge in [0.25, 0.3) is 0 Å². The first-order valence-corrected chi connectivity index (χ1v) is 19.8. The molecule has 0 saturated carbocycles. The van der Waals surface area contributed by atoms with E-state index in [9.17, 15) is 0 Å². The topological polar surface area (TPSA) is 56.7 Å². The van der Waals surface area contributed by atoms with Crippen LogP contribution in [0.1, 0.15) is 0 Å². The van der Waals surface area contributed by atoms with Gasteiger partial charge in [0.15, 0.2) is 23.1 Å². The van der Waals surface area contributed by atoms with Crippen molar-refractivity contribution in [1.29, 1.82) is 0 Å². The molecule has 0 aliphatic rings. The maximum Gasteiger partial charge on any atom is 0.164 e. The van der Waals surface area contributed by atoms with Gasteiger partial charge in [0.1, 0.15) is 5.58 Å². The van der Waals surface area contributed by atoms with E-state index in [0.717, 1.165) is 66.5 Å². The van der Waals surface area contributed by atoms with E-state index in [1.54, 1.807) is 0 Å². The fourth-order valence-corrected chi connectivity index (χ4v) is 9.74. The van der Waals surface area contributed by atoms with Crippen LogP contribution in [-0.4, -0.2) is 19.5 Å². The molecule has 6 heteroatoms. The van der Waals surface area contributed by atoms with Crippen LogP contribution in [0.4, 0.5) is 0 Å². The SMILES string of the molecule is c1ccc(-c2nc(-c3ccccc3)nc(-c3cccc4oc5c(-n6c7ccccc7c7ccccc76)ccc(-c6cccc7sc8ccccc8c67)c5c34)n2)cc1. The predicted molar refractivity (Wildman–Crippen MR) is 236 cm³/mol. The van der Waals surface area contributed by atoms with E-state index >= 15 is 0 Å². The number of fused-ring (bicyclic) bond motifs is 9. The Morgan fingerprint density at radius 1 is 0.386 bits per heavy atom. The lowest BCUT2D eigenvalue weighted by atomic mass is 9.93. The summed E-state index contributed by atoms with van der Waals surface area (Å²) in [7, 11) is 0. The zero-order chi connectivity index (χ0) is 37.5. The Kier molecular flexibility index (Phi) is 7.03. The zero-order valence-electron chi connectivity index (χ0n) is 30.4. The summed E-state index contributed by atoms with van der Waals surface area (Å²) in [4.78, 5) is 15.4. The molecule has 5 nitrogen and oxygen atoms in total. The van der Waals surface area contributed by atoms with Gasteiger partial charge >= 0.3 is 0 Å². The van der Waals surface area contributed by atoms with Crippen LogP contribution in [-0.2, 0) is 0 Å². The van der Waals surface area contributed by atoms with Crippen molar-refractivity contribution in [2.45, 2.75) is 0 Å². The fraction of sp³-hybridized carbons (Fsp3) is 0. The van der Waals surface area contributed by atoms with Crippen LogP contribution in [0.15, 0.2) is 186 Å². The molecule has 0 N–H and O–H groups in total. The molecule has 57 heavy (non-hydrogen) atoms. The summed E-state index contributed by atoms with van der Waals surface area (Å²) in [5, 5.41) is 6.87. The lowest BCUT2D eigenvalue weighted by Crippen LogP contribution is -2.00. The first kappa shape index (κ1) is 31.9. The number of rotatable bonds is 5. The van der Waals surface area contributed by atoms with Crippen LogP contribution in [0, 0.1) is 0 Å². The molecule has 0 unspecified atom stereocenters. The second kappa shape index (κ2) is 12.6. The molecule has 0 atom stereocenters. The molecule has 0 spiro atoms. The van der Waals surface area contributed by atoms with E-state index < -0.39 is 0 Å². The number of thiophene rings is 1. The van der Waals surface area contributed by atoms with Gasteiger partial charge in [0, 0.05) is 58.4 Å². The van der Waals surface area contributed by atoms with Crippen molar-refractivity contribution in [3.63, 3.8) is 0 Å². The smallest absolute Gasteiger partial charge is 0.164 e. The molecular formula is C51H30N4OS. The number of furan rings is 1. The van der Waals surface area contributed by atoms with Gasteiger partial charge in [-0.1, -0.05) is 146 Å². The summed E-state index contributed by atoms with van der Waals surface area (Å²) >= 11 is 1.83. The van der Waals surface area contributed by atoms with Gasteiger partial charge in [0.05, 0.1) is 16.7 Å². The lowest BCUT2D eigenvalue weighted by Gasteiger charge is -2.13. The van der Waals surface area contributed by atoms with Gasteiger partial charge in [0.2, 0.25) is 0 Å². The van der Waals surface area contributed by atoms with Gasteiger partial charge < -0.3 is 8.98 Å². The van der Waals surface area contributed by atoms with E-state index in [4.69, 9.17) is 19.4 Å². The van der Waals surface area contributed by atoms with E-state index in [1.807, 2.05) is 78.1 Å². The summed E-state index contributed by atoms with van der Waals surface area (Å²) in [6, 6.07) is 63.6. The van der Waals surface area contributed by atoms with Gasteiger partial charge in [-0.05, 0) is 47.5 Å². The molecular weight excluding hydrogens is 717 g/mol. The van der Waals surface area contributed by atoms with E-state index in [0.29, 0.717) is 17.5 Å². The van der Waals surface area contributed by atoms with Crippen LogP contribution in [0.3, 0.4) is 0 Å². The Morgan fingerprint density at radius 2 is 0.930 bits per heavy atom. The van der Waals surface area contributed by atoms with Crippen molar-refractivity contribution in [2.24, 2.45) is 0 Å². The maximum atomic E-state index is 7.15. The van der Waals surface area contributed by atoms with Crippen molar-refractivity contribution in [2.75, 3.05) is 0 Å². The Balaban J connectivity index is 1.23. The number of hydrogen-bond acceptors (Lipinski definition) is 5. The second-order valence-corrected chi connectivity index (χ2v) is 15.4. The average Bonchev–Trinajstić information content (AvgIpc) is 3.97. The van der Waals surface area contributed by atoms with Gasteiger partial charge in [-0.15, -0.1) is 11.3 Å². The first-order valence-electron chi connectivity index (χ1n) is 19.0. The Bertz CT molecular complexity index is 3420. The Morgan fingerprint density at radius 3 is 1.63 bits per heavy atom. The minimum absolute atomic E-state index is 0.586. The van der Waals surface area contributed by atoms with Crippen LogP contribution in [0.5, 0.6) is 0 Å². The Hall–Kier alpha value is -7.41. The standard InChI is InChI=1S/C51H30N4OS/c1-3-15-31(16-4-1)49-52-50(32-17-5-2-6-18-32)54-51(53-49)38-23-13-26-42-46(38)47-36(35-22-14-28-44-45(35)37-21-9-12-27-43(37)57-44)29-30-41(48(47)56-42)55-39-24-10-7-19-33(39)34-20-8-11-25-40(34)55/h1-30H. The largest absolute Gasteiger partial charge is 0.454 e. The first-order chi connectivity index (χ1) is 28.3. The van der Waals surface area contributed by atoms with Crippen LogP contribution < -0.4 is 0 Å². The molecule has 266 valence electrons. The van der Waals surface area contributed by atoms with Crippen LogP contribution in [0.2, 0.25) is 0 Å². The molecule has 0 saturated heterocycles. The van der Waals surface area contributed by atoms with Crippen molar-refractivity contribution >= 4 is 75.3 Å². The third-order valence-corrected chi connectivity index (χ3v) is 12.2. The number of aromatic nitrogens is 4. The molecule has 12 aromatic rings. The maximum absolute atomic E-state index is 7.15. The number of hydrogen-bond donors (Lipinski definition) is 0. The molecule has 4 heterocycles. The molecule has 0 aliphatic heterocycles. The Labute approximate surface area is 330 Å². The second-order valence-electron chi connectivity index (χ2n) is 14.3. The highest BCUT2D eigenvalue weighted by molar-refractivity contribution is 7.25. The summed E-state index contributed by atoms with van der Waals surface area (Å²) in [6.07, 6.45) is 0. The summed E-state index contributed by atoms with van der Waals surface area (Å²) in [5.41, 5.74) is 9.77. The molecule has 0 radical (unpaired) electrons. The van der Waals surface area contributed by atoms with Crippen LogP contribution in [0.25, 0.3) is 115 Å². The van der Waals surface area contributed by atoms with Crippen molar-refractivity contribution in [3.05, 3.63) is 182 Å². The third kappa shape index (κ3) is 4.91. The molecule has 0 fully saturated rings. The highest BCUT2D eigenvalue weighted by Crippen LogP contribution is 2.48. The molecule has 0 bridgehead atoms. The van der Waals surface area contributed by atoms with Crippen molar-refractivity contribution in [1.82, 2.24) is 19.5 Å². The number of nitrogens with zero attached hydrogens (tertiary/aromatic N) is 4. The van der Waals surface area contributed by atoms with E-state index in [-0.39, 0.29) is 0 Å². The van der Waals surface area contributed by atoms with Crippen molar-refractivity contribution in [3.8, 4) is 51.0 Å². The number of para-hydroxylation sites is 2. The van der Waals surface area contributed by atoms with E-state index in [2.05, 4.69) is 120 Å². The van der Waals surface area contributed by atoms with E-state index in [1.165, 1.54) is 30.9 Å².